The maximum absolute atomic E-state index is 12.6. The first kappa shape index (κ1) is 17.2. The molecule has 2 heterocycles. The Labute approximate surface area is 149 Å². The molecule has 25 heavy (non-hydrogen) atoms. The fourth-order valence-electron chi connectivity index (χ4n) is 2.58. The first-order chi connectivity index (χ1) is 12.0. The molecule has 6 heteroatoms. The molecule has 3 rings (SSSR count). The van der Waals surface area contributed by atoms with Crippen LogP contribution >= 0.6 is 11.6 Å². The van der Waals surface area contributed by atoms with E-state index < -0.39 is 5.97 Å². The van der Waals surface area contributed by atoms with Gasteiger partial charge in [0.05, 0.1) is 5.39 Å². The molecule has 5 nitrogen and oxygen atoms in total. The molecule has 0 aliphatic heterocycles. The monoisotopic (exact) mass is 356 g/mol. The SMILES string of the molecule is CCn1cc(C(=O)OCc2ccccc2Cl)c(=O)c2ccc(C)nc21. The highest BCUT2D eigenvalue weighted by Crippen LogP contribution is 2.17. The quantitative estimate of drug-likeness (QED) is 0.668. The van der Waals surface area contributed by atoms with E-state index in [4.69, 9.17) is 16.3 Å². The fourth-order valence-corrected chi connectivity index (χ4v) is 2.77. The van der Waals surface area contributed by atoms with Crippen LogP contribution in [0.3, 0.4) is 0 Å². The molecule has 3 aromatic rings. The zero-order valence-electron chi connectivity index (χ0n) is 14.0. The summed E-state index contributed by atoms with van der Waals surface area (Å²) in [6.07, 6.45) is 1.51. The van der Waals surface area contributed by atoms with Gasteiger partial charge in [-0.3, -0.25) is 4.79 Å². The molecule has 2 aromatic heterocycles. The Bertz CT molecular complexity index is 1010. The molecule has 0 radical (unpaired) electrons. The Morgan fingerprint density at radius 1 is 1.24 bits per heavy atom. The van der Waals surface area contributed by atoms with E-state index in [1.54, 1.807) is 34.9 Å². The van der Waals surface area contributed by atoms with Gasteiger partial charge in [0.25, 0.3) is 0 Å². The number of pyridine rings is 2. The Kier molecular flexibility index (Phi) is 4.86. The highest BCUT2D eigenvalue weighted by molar-refractivity contribution is 6.31. The summed E-state index contributed by atoms with van der Waals surface area (Å²) in [4.78, 5) is 29.5. The van der Waals surface area contributed by atoms with E-state index in [0.717, 1.165) is 5.69 Å². The number of aromatic nitrogens is 2. The number of halogens is 1. The molecule has 0 spiro atoms. The molecule has 128 valence electrons. The first-order valence-corrected chi connectivity index (χ1v) is 8.30. The lowest BCUT2D eigenvalue weighted by molar-refractivity contribution is 0.0470. The molecule has 0 fully saturated rings. The molecule has 0 N–H and O–H groups in total. The van der Waals surface area contributed by atoms with Gasteiger partial charge in [0.1, 0.15) is 17.8 Å². The lowest BCUT2D eigenvalue weighted by Crippen LogP contribution is -2.21. The molecule has 0 saturated carbocycles. The number of aryl methyl sites for hydroxylation is 2. The second kappa shape index (κ2) is 7.07. The van der Waals surface area contributed by atoms with Crippen LogP contribution in [0.4, 0.5) is 0 Å². The van der Waals surface area contributed by atoms with Crippen molar-refractivity contribution in [2.45, 2.75) is 27.0 Å². The molecule has 1 aromatic carbocycles. The summed E-state index contributed by atoms with van der Waals surface area (Å²) < 4.78 is 7.06. The third-order valence-corrected chi connectivity index (χ3v) is 4.31. The number of fused-ring (bicyclic) bond motifs is 1. The van der Waals surface area contributed by atoms with Gasteiger partial charge >= 0.3 is 5.97 Å². The normalized spacial score (nSPS) is 10.8. The zero-order valence-corrected chi connectivity index (χ0v) is 14.7. The fraction of sp³-hybridized carbons (Fsp3) is 0.211. The van der Waals surface area contributed by atoms with E-state index in [1.165, 1.54) is 6.20 Å². The molecule has 0 amide bonds. The Hall–Kier alpha value is -2.66. The number of rotatable bonds is 4. The third-order valence-electron chi connectivity index (χ3n) is 3.94. The van der Waals surface area contributed by atoms with Gasteiger partial charge in [0.15, 0.2) is 0 Å². The summed E-state index contributed by atoms with van der Waals surface area (Å²) in [5.41, 5.74) is 1.67. The topological polar surface area (TPSA) is 61.2 Å². The standard InChI is InChI=1S/C19H17ClN2O3/c1-3-22-10-15(17(23)14-9-8-12(2)21-18(14)22)19(24)25-11-13-6-4-5-7-16(13)20/h4-10H,3,11H2,1-2H3. The van der Waals surface area contributed by atoms with Crippen molar-refractivity contribution >= 4 is 28.6 Å². The van der Waals surface area contributed by atoms with Crippen LogP contribution < -0.4 is 5.43 Å². The molecule has 0 aliphatic carbocycles. The van der Waals surface area contributed by atoms with Crippen molar-refractivity contribution in [2.24, 2.45) is 0 Å². The maximum atomic E-state index is 12.6. The Morgan fingerprint density at radius 2 is 2.00 bits per heavy atom. The van der Waals surface area contributed by atoms with Gasteiger partial charge in [-0.15, -0.1) is 0 Å². The highest BCUT2D eigenvalue weighted by Gasteiger charge is 2.17. The van der Waals surface area contributed by atoms with Crippen molar-refractivity contribution in [1.82, 2.24) is 9.55 Å². The largest absolute Gasteiger partial charge is 0.457 e. The number of nitrogens with zero attached hydrogens (tertiary/aromatic N) is 2. The van der Waals surface area contributed by atoms with Gasteiger partial charge in [-0.05, 0) is 32.0 Å². The van der Waals surface area contributed by atoms with E-state index in [1.807, 2.05) is 19.9 Å². The second-order valence-electron chi connectivity index (χ2n) is 5.65. The zero-order chi connectivity index (χ0) is 18.0. The van der Waals surface area contributed by atoms with E-state index in [9.17, 15) is 9.59 Å². The van der Waals surface area contributed by atoms with Crippen molar-refractivity contribution in [1.29, 1.82) is 0 Å². The second-order valence-corrected chi connectivity index (χ2v) is 6.06. The average Bonchev–Trinajstić information content (AvgIpc) is 2.61. The summed E-state index contributed by atoms with van der Waals surface area (Å²) in [6.45, 7) is 4.37. The van der Waals surface area contributed by atoms with Gasteiger partial charge in [-0.2, -0.15) is 0 Å². The summed E-state index contributed by atoms with van der Waals surface area (Å²) >= 11 is 6.06. The molecular weight excluding hydrogens is 340 g/mol. The molecule has 0 atom stereocenters. The minimum Gasteiger partial charge on any atom is -0.457 e. The van der Waals surface area contributed by atoms with Crippen molar-refractivity contribution in [3.05, 3.63) is 74.7 Å². The first-order valence-electron chi connectivity index (χ1n) is 7.92. The molecule has 0 bridgehead atoms. The van der Waals surface area contributed by atoms with E-state index >= 15 is 0 Å². The molecule has 0 saturated heterocycles. The molecule has 0 aliphatic rings. The number of ether oxygens (including phenoxy) is 1. The van der Waals surface area contributed by atoms with Crippen molar-refractivity contribution in [3.8, 4) is 0 Å². The number of benzene rings is 1. The smallest absolute Gasteiger partial charge is 0.344 e. The molecular formula is C19H17ClN2O3. The summed E-state index contributed by atoms with van der Waals surface area (Å²) in [7, 11) is 0. The number of hydrogen-bond acceptors (Lipinski definition) is 4. The summed E-state index contributed by atoms with van der Waals surface area (Å²) in [5, 5.41) is 0.916. The van der Waals surface area contributed by atoms with Crippen LogP contribution in [0.1, 0.15) is 28.5 Å². The van der Waals surface area contributed by atoms with Crippen LogP contribution in [0.25, 0.3) is 11.0 Å². The van der Waals surface area contributed by atoms with Gasteiger partial charge in [-0.25, -0.2) is 9.78 Å². The summed E-state index contributed by atoms with van der Waals surface area (Å²) in [6, 6.07) is 10.5. The average molecular weight is 357 g/mol. The maximum Gasteiger partial charge on any atom is 0.344 e. The van der Waals surface area contributed by atoms with E-state index in [-0.39, 0.29) is 17.6 Å². The summed E-state index contributed by atoms with van der Waals surface area (Å²) in [5.74, 6) is -0.672. The van der Waals surface area contributed by atoms with E-state index in [2.05, 4.69) is 4.98 Å². The van der Waals surface area contributed by atoms with E-state index in [0.29, 0.717) is 28.2 Å². The number of carbonyl (C=O) groups is 1. The Morgan fingerprint density at radius 3 is 2.72 bits per heavy atom. The van der Waals surface area contributed by atoms with Crippen LogP contribution in [0.15, 0.2) is 47.4 Å². The molecule has 0 unspecified atom stereocenters. The number of carbonyl (C=O) groups excluding carboxylic acids is 1. The number of hydrogen-bond donors (Lipinski definition) is 0. The Balaban J connectivity index is 1.96. The van der Waals surface area contributed by atoms with Gasteiger partial charge < -0.3 is 9.30 Å². The van der Waals surface area contributed by atoms with Gasteiger partial charge in [0.2, 0.25) is 5.43 Å². The van der Waals surface area contributed by atoms with Crippen LogP contribution in [0.5, 0.6) is 0 Å². The van der Waals surface area contributed by atoms with Crippen LogP contribution in [-0.4, -0.2) is 15.5 Å². The van der Waals surface area contributed by atoms with Crippen molar-refractivity contribution < 1.29 is 9.53 Å². The minimum absolute atomic E-state index is 0.00735. The predicted molar refractivity (Wildman–Crippen MR) is 97.0 cm³/mol. The van der Waals surface area contributed by atoms with Crippen molar-refractivity contribution in [2.75, 3.05) is 0 Å². The predicted octanol–water partition coefficient (Wildman–Crippen LogP) is 3.74. The highest BCUT2D eigenvalue weighted by atomic mass is 35.5. The van der Waals surface area contributed by atoms with Gasteiger partial charge in [-0.1, -0.05) is 29.8 Å². The lowest BCUT2D eigenvalue weighted by Gasteiger charge is -2.11. The lowest BCUT2D eigenvalue weighted by atomic mass is 10.2. The van der Waals surface area contributed by atoms with Crippen LogP contribution in [0.2, 0.25) is 5.02 Å². The third kappa shape index (κ3) is 3.42. The number of esters is 1. The minimum atomic E-state index is -0.672. The van der Waals surface area contributed by atoms with Gasteiger partial charge in [0, 0.05) is 29.0 Å². The van der Waals surface area contributed by atoms with Crippen LogP contribution in [0, 0.1) is 6.92 Å². The van der Waals surface area contributed by atoms with Crippen LogP contribution in [-0.2, 0) is 17.9 Å². The van der Waals surface area contributed by atoms with Crippen molar-refractivity contribution in [3.63, 3.8) is 0 Å².